The third-order valence-corrected chi connectivity index (χ3v) is 5.89. The maximum Gasteiger partial charge on any atom is 0.342 e. The predicted molar refractivity (Wildman–Crippen MR) is 104 cm³/mol. The van der Waals surface area contributed by atoms with E-state index in [1.54, 1.807) is 0 Å². The van der Waals surface area contributed by atoms with Crippen molar-refractivity contribution in [2.24, 2.45) is 0 Å². The van der Waals surface area contributed by atoms with E-state index in [2.05, 4.69) is 13.8 Å². The van der Waals surface area contributed by atoms with Crippen LogP contribution < -0.4 is 0 Å². The summed E-state index contributed by atoms with van der Waals surface area (Å²) in [4.78, 5) is 25.3. The molecule has 0 spiro atoms. The molecule has 2 rings (SSSR count). The largest absolute Gasteiger partial charge is 0.463 e. The summed E-state index contributed by atoms with van der Waals surface area (Å²) in [7, 11) is 0. The molecule has 1 aliphatic carbocycles. The first-order valence-corrected chi connectivity index (χ1v) is 11.2. The molecule has 0 aromatic rings. The zero-order chi connectivity index (χ0) is 19.6. The van der Waals surface area contributed by atoms with Gasteiger partial charge in [0.05, 0.1) is 13.2 Å². The van der Waals surface area contributed by atoms with Crippen LogP contribution in [0, 0.1) is 0 Å². The fraction of sp³-hybridized carbons (Fsp3) is 0.909. The van der Waals surface area contributed by atoms with Crippen LogP contribution >= 0.6 is 0 Å². The molecule has 156 valence electrons. The summed E-state index contributed by atoms with van der Waals surface area (Å²) in [6, 6.07) is 0. The lowest BCUT2D eigenvalue weighted by atomic mass is 9.79. The molecule has 2 aliphatic rings. The molecule has 0 bridgehead atoms. The van der Waals surface area contributed by atoms with E-state index in [4.69, 9.17) is 14.2 Å². The zero-order valence-electron chi connectivity index (χ0n) is 17.4. The first-order chi connectivity index (χ1) is 13.1. The molecule has 0 aromatic carbocycles. The summed E-state index contributed by atoms with van der Waals surface area (Å²) >= 11 is 0. The van der Waals surface area contributed by atoms with E-state index >= 15 is 0 Å². The Kier molecular flexibility index (Phi) is 9.07. The van der Waals surface area contributed by atoms with E-state index in [0.29, 0.717) is 26.1 Å². The Bertz CT molecular complexity index is 435. The highest BCUT2D eigenvalue weighted by Gasteiger charge is 2.81. The van der Waals surface area contributed by atoms with Crippen molar-refractivity contribution < 1.29 is 23.8 Å². The molecule has 5 nitrogen and oxygen atoms in total. The number of epoxide rings is 1. The summed E-state index contributed by atoms with van der Waals surface area (Å²) < 4.78 is 16.8. The van der Waals surface area contributed by atoms with Gasteiger partial charge in [-0.15, -0.1) is 0 Å². The van der Waals surface area contributed by atoms with Gasteiger partial charge in [-0.25, -0.2) is 9.59 Å². The number of fused-ring (bicyclic) bond motifs is 1. The number of carbonyl (C=O) groups excluding carboxylic acids is 2. The molecule has 0 N–H and O–H groups in total. The lowest BCUT2D eigenvalue weighted by molar-refractivity contribution is -0.155. The Morgan fingerprint density at radius 3 is 1.52 bits per heavy atom. The summed E-state index contributed by atoms with van der Waals surface area (Å²) in [5, 5.41) is 0. The van der Waals surface area contributed by atoms with Crippen LogP contribution in [-0.2, 0) is 23.8 Å². The van der Waals surface area contributed by atoms with E-state index in [0.717, 1.165) is 38.5 Å². The van der Waals surface area contributed by atoms with Crippen LogP contribution in [-0.4, -0.2) is 36.4 Å². The summed E-state index contributed by atoms with van der Waals surface area (Å²) in [5.74, 6) is -0.727. The van der Waals surface area contributed by atoms with Crippen LogP contribution in [0.2, 0.25) is 0 Å². The average molecular weight is 383 g/mol. The van der Waals surface area contributed by atoms with Gasteiger partial charge in [-0.3, -0.25) is 0 Å². The maximum atomic E-state index is 12.7. The van der Waals surface area contributed by atoms with Crippen molar-refractivity contribution in [3.8, 4) is 0 Å². The van der Waals surface area contributed by atoms with Crippen molar-refractivity contribution in [1.29, 1.82) is 0 Å². The molecule has 0 amide bonds. The van der Waals surface area contributed by atoms with Crippen LogP contribution in [0.1, 0.15) is 104 Å². The smallest absolute Gasteiger partial charge is 0.342 e. The fourth-order valence-electron chi connectivity index (χ4n) is 4.12. The van der Waals surface area contributed by atoms with Crippen LogP contribution in [0.4, 0.5) is 0 Å². The number of hydrogen-bond acceptors (Lipinski definition) is 5. The van der Waals surface area contributed by atoms with Crippen molar-refractivity contribution in [1.82, 2.24) is 0 Å². The number of carbonyl (C=O) groups is 2. The minimum atomic E-state index is -1.08. The molecule has 2 fully saturated rings. The van der Waals surface area contributed by atoms with Crippen molar-refractivity contribution >= 4 is 11.9 Å². The van der Waals surface area contributed by atoms with Gasteiger partial charge in [-0.2, -0.15) is 0 Å². The highest BCUT2D eigenvalue weighted by molar-refractivity contribution is 5.98. The summed E-state index contributed by atoms with van der Waals surface area (Å²) in [5.41, 5.74) is -2.15. The van der Waals surface area contributed by atoms with Crippen LogP contribution in [0.3, 0.4) is 0 Å². The number of ether oxygens (including phenoxy) is 3. The van der Waals surface area contributed by atoms with Crippen LogP contribution in [0.5, 0.6) is 0 Å². The molecule has 2 atom stereocenters. The Morgan fingerprint density at radius 1 is 0.704 bits per heavy atom. The summed E-state index contributed by atoms with van der Waals surface area (Å²) in [6.07, 6.45) is 13.9. The Morgan fingerprint density at radius 2 is 1.11 bits per heavy atom. The third kappa shape index (κ3) is 5.46. The predicted octanol–water partition coefficient (Wildman–Crippen LogP) is 5.10. The molecule has 5 heteroatoms. The second kappa shape index (κ2) is 11.0. The molecule has 27 heavy (non-hydrogen) atoms. The minimum absolute atomic E-state index is 0.363. The van der Waals surface area contributed by atoms with E-state index in [1.807, 2.05) is 0 Å². The second-order valence-electron chi connectivity index (χ2n) is 8.06. The van der Waals surface area contributed by atoms with Gasteiger partial charge in [0, 0.05) is 0 Å². The number of esters is 2. The van der Waals surface area contributed by atoms with Crippen molar-refractivity contribution in [2.75, 3.05) is 13.2 Å². The highest BCUT2D eigenvalue weighted by atomic mass is 16.7. The normalized spacial score (nSPS) is 26.3. The van der Waals surface area contributed by atoms with E-state index in [1.165, 1.54) is 38.5 Å². The van der Waals surface area contributed by atoms with Crippen LogP contribution in [0.15, 0.2) is 0 Å². The average Bonchev–Trinajstić information content (AvgIpc) is 3.39. The molecule has 0 radical (unpaired) electrons. The Balaban J connectivity index is 1.76. The quantitative estimate of drug-likeness (QED) is 0.238. The van der Waals surface area contributed by atoms with Gasteiger partial charge in [-0.05, 0) is 38.5 Å². The van der Waals surface area contributed by atoms with Gasteiger partial charge in [-0.1, -0.05) is 65.2 Å². The minimum Gasteiger partial charge on any atom is -0.463 e. The summed E-state index contributed by atoms with van der Waals surface area (Å²) in [6.45, 7) is 5.18. The molecule has 1 saturated carbocycles. The second-order valence-corrected chi connectivity index (χ2v) is 8.06. The Labute approximate surface area is 164 Å². The molecular formula is C22H38O5. The van der Waals surface area contributed by atoms with Crippen molar-refractivity contribution in [3.63, 3.8) is 0 Å². The standard InChI is InChI=1S/C22H38O5/c1-3-5-7-9-13-17-25-19(23)21-15-11-12-16-22(21,27-21)20(24)26-18-14-10-8-6-4-2/h3-18H2,1-2H3. The topological polar surface area (TPSA) is 65.1 Å². The highest BCUT2D eigenvalue weighted by Crippen LogP contribution is 2.58. The van der Waals surface area contributed by atoms with Gasteiger partial charge in [0.2, 0.25) is 11.2 Å². The lowest BCUT2D eigenvalue weighted by Gasteiger charge is -2.22. The maximum absolute atomic E-state index is 12.7. The van der Waals surface area contributed by atoms with E-state index in [9.17, 15) is 9.59 Å². The van der Waals surface area contributed by atoms with Crippen LogP contribution in [0.25, 0.3) is 0 Å². The number of unbranched alkanes of at least 4 members (excludes halogenated alkanes) is 8. The first kappa shape index (κ1) is 22.2. The molecule has 1 saturated heterocycles. The fourth-order valence-corrected chi connectivity index (χ4v) is 4.12. The Hall–Kier alpha value is -1.10. The van der Waals surface area contributed by atoms with Crippen molar-refractivity contribution in [2.45, 2.75) is 115 Å². The SMILES string of the molecule is CCCCCCCOC(=O)C12CCCCC1(C(=O)OCCCCCCC)O2. The number of hydrogen-bond donors (Lipinski definition) is 0. The van der Waals surface area contributed by atoms with Gasteiger partial charge in [0.25, 0.3) is 0 Å². The van der Waals surface area contributed by atoms with Gasteiger partial charge in [0.15, 0.2) is 0 Å². The molecule has 0 aromatic heterocycles. The molecule has 2 unspecified atom stereocenters. The van der Waals surface area contributed by atoms with Crippen molar-refractivity contribution in [3.05, 3.63) is 0 Å². The van der Waals surface area contributed by atoms with E-state index in [-0.39, 0.29) is 11.9 Å². The van der Waals surface area contributed by atoms with Gasteiger partial charge >= 0.3 is 11.9 Å². The lowest BCUT2D eigenvalue weighted by Crippen LogP contribution is -2.44. The monoisotopic (exact) mass is 382 g/mol. The van der Waals surface area contributed by atoms with Gasteiger partial charge in [0.1, 0.15) is 0 Å². The zero-order valence-corrected chi connectivity index (χ0v) is 17.4. The number of rotatable bonds is 14. The van der Waals surface area contributed by atoms with Gasteiger partial charge < -0.3 is 14.2 Å². The van der Waals surface area contributed by atoms with E-state index < -0.39 is 11.2 Å². The first-order valence-electron chi connectivity index (χ1n) is 11.2. The molecular weight excluding hydrogens is 344 g/mol. The molecule has 1 heterocycles. The molecule has 1 aliphatic heterocycles. The third-order valence-electron chi connectivity index (χ3n) is 5.89.